The van der Waals surface area contributed by atoms with Gasteiger partial charge in [0.2, 0.25) is 13.4 Å². The van der Waals surface area contributed by atoms with Gasteiger partial charge in [-0.2, -0.15) is 0 Å². The van der Waals surface area contributed by atoms with Crippen molar-refractivity contribution in [1.82, 2.24) is 9.97 Å². The molecule has 4 heterocycles. The number of aromatic nitrogens is 2. The van der Waals surface area contributed by atoms with Gasteiger partial charge >= 0.3 is 0 Å². The summed E-state index contributed by atoms with van der Waals surface area (Å²) in [6.07, 6.45) is 1.86. The minimum atomic E-state index is -0.0867. The highest BCUT2D eigenvalue weighted by molar-refractivity contribution is 7.12. The Balaban J connectivity index is 1.15. The summed E-state index contributed by atoms with van der Waals surface area (Å²) in [5.74, 6) is 1.63. The lowest BCUT2D eigenvalue weighted by Crippen LogP contribution is -2.76. The standard InChI is InChI=1S/C58H46B2N4O/c1-37-18-14-19-38(2)54(37)59-46-27-8-9-28-47(46)60(55-39(3)20-15-21-40(55)4)56-48(59)34-42(64-36-63(41-22-6-5-7-23-41)50-30-10-11-31-51(50)64)35-53(56)65-52-32-17-25-44-43-24-16-26-45(57(43)62-58(44)52)49-29-12-13-33-61-49/h5-35,62H,36H2,1-4H3. The first-order valence-corrected chi connectivity index (χ1v) is 22.6. The van der Waals surface area contributed by atoms with Crippen LogP contribution < -0.4 is 47.3 Å². The molecule has 0 aliphatic carbocycles. The molecule has 5 nitrogen and oxygen atoms in total. The van der Waals surface area contributed by atoms with Crippen LogP contribution in [0.15, 0.2) is 188 Å². The zero-order chi connectivity index (χ0) is 43.8. The fourth-order valence-electron chi connectivity index (χ4n) is 11.1. The van der Waals surface area contributed by atoms with Gasteiger partial charge in [0.1, 0.15) is 12.4 Å². The van der Waals surface area contributed by atoms with Gasteiger partial charge in [-0.25, -0.2) is 0 Å². The number of hydrogen-bond acceptors (Lipinski definition) is 4. The summed E-state index contributed by atoms with van der Waals surface area (Å²) >= 11 is 0. The maximum atomic E-state index is 7.67. The van der Waals surface area contributed by atoms with E-state index in [2.05, 4.69) is 212 Å². The van der Waals surface area contributed by atoms with Crippen molar-refractivity contribution in [3.8, 4) is 22.8 Å². The van der Waals surface area contributed by atoms with Crippen LogP contribution >= 0.6 is 0 Å². The molecule has 7 heteroatoms. The van der Waals surface area contributed by atoms with E-state index in [0.717, 1.165) is 61.6 Å². The van der Waals surface area contributed by atoms with E-state index in [-0.39, 0.29) is 13.4 Å². The van der Waals surface area contributed by atoms with Gasteiger partial charge in [-0.15, -0.1) is 0 Å². The molecule has 0 fully saturated rings. The fourth-order valence-corrected chi connectivity index (χ4v) is 11.1. The SMILES string of the molecule is Cc1cccc(C)c1B1c2ccccc2B(c2c(C)cccc2C)c2c(Oc3cccc4c3[nH]c3c(-c5ccccn5)cccc34)cc(N3CN(c4ccccc4)c4ccccc43)cc21. The van der Waals surface area contributed by atoms with Crippen LogP contribution in [0, 0.1) is 27.7 Å². The first kappa shape index (κ1) is 38.9. The summed E-state index contributed by atoms with van der Waals surface area (Å²) in [5, 5.41) is 2.24. The Labute approximate surface area is 381 Å². The number of hydrogen-bond donors (Lipinski definition) is 1. The van der Waals surface area contributed by atoms with Crippen LogP contribution in [0.1, 0.15) is 22.3 Å². The topological polar surface area (TPSA) is 44.4 Å². The zero-order valence-electron chi connectivity index (χ0n) is 37.0. The summed E-state index contributed by atoms with van der Waals surface area (Å²) in [6, 6.07) is 65.9. The lowest BCUT2D eigenvalue weighted by Gasteiger charge is -2.36. The molecular weight excluding hydrogens is 790 g/mol. The van der Waals surface area contributed by atoms with Crippen molar-refractivity contribution in [2.24, 2.45) is 0 Å². The molecule has 8 aromatic carbocycles. The van der Waals surface area contributed by atoms with Crippen LogP contribution in [-0.2, 0) is 0 Å². The van der Waals surface area contributed by atoms with E-state index >= 15 is 0 Å². The van der Waals surface area contributed by atoms with Crippen molar-refractivity contribution in [3.63, 3.8) is 0 Å². The number of anilines is 4. The third kappa shape index (κ3) is 6.29. The summed E-state index contributed by atoms with van der Waals surface area (Å²) in [7, 11) is 0. The molecule has 12 rings (SSSR count). The minimum Gasteiger partial charge on any atom is -0.456 e. The molecule has 65 heavy (non-hydrogen) atoms. The molecule has 1 N–H and O–H groups in total. The number of aryl methyl sites for hydroxylation is 4. The Morgan fingerprint density at radius 1 is 0.462 bits per heavy atom. The lowest BCUT2D eigenvalue weighted by molar-refractivity contribution is 0.491. The number of aromatic amines is 1. The second-order valence-electron chi connectivity index (χ2n) is 17.7. The van der Waals surface area contributed by atoms with E-state index in [1.807, 2.05) is 18.3 Å². The van der Waals surface area contributed by atoms with E-state index in [4.69, 9.17) is 9.72 Å². The molecule has 0 atom stereocenters. The average molecular weight is 837 g/mol. The Hall–Kier alpha value is -7.76. The molecule has 0 bridgehead atoms. The monoisotopic (exact) mass is 836 g/mol. The maximum absolute atomic E-state index is 7.67. The molecule has 2 aliphatic rings. The highest BCUT2D eigenvalue weighted by Gasteiger charge is 2.43. The second-order valence-corrected chi connectivity index (χ2v) is 17.7. The van der Waals surface area contributed by atoms with Gasteiger partial charge in [0.25, 0.3) is 0 Å². The van der Waals surface area contributed by atoms with Gasteiger partial charge in [0.05, 0.1) is 28.1 Å². The van der Waals surface area contributed by atoms with E-state index < -0.39 is 0 Å². The lowest BCUT2D eigenvalue weighted by atomic mass is 9.20. The van der Waals surface area contributed by atoms with Crippen LogP contribution in [0.25, 0.3) is 33.1 Å². The van der Waals surface area contributed by atoms with Gasteiger partial charge in [0, 0.05) is 40.0 Å². The number of nitrogens with zero attached hydrogens (tertiary/aromatic N) is 3. The number of para-hydroxylation sites is 5. The minimum absolute atomic E-state index is 0.0434. The molecule has 2 aromatic heterocycles. The van der Waals surface area contributed by atoms with Crippen molar-refractivity contribution in [1.29, 1.82) is 0 Å². The molecule has 0 saturated carbocycles. The quantitative estimate of drug-likeness (QED) is 0.163. The van der Waals surface area contributed by atoms with Crippen molar-refractivity contribution < 1.29 is 4.74 Å². The summed E-state index contributed by atoms with van der Waals surface area (Å²) in [5.41, 5.74) is 21.4. The highest BCUT2D eigenvalue weighted by Crippen LogP contribution is 2.45. The van der Waals surface area contributed by atoms with Gasteiger partial charge in [-0.05, 0) is 81.7 Å². The van der Waals surface area contributed by atoms with Gasteiger partial charge < -0.3 is 19.5 Å². The molecule has 2 aliphatic heterocycles. The molecule has 0 unspecified atom stereocenters. The molecule has 0 radical (unpaired) electrons. The molecule has 0 saturated heterocycles. The van der Waals surface area contributed by atoms with Crippen molar-refractivity contribution >= 4 is 90.8 Å². The Morgan fingerprint density at radius 3 is 1.71 bits per heavy atom. The van der Waals surface area contributed by atoms with E-state index in [1.54, 1.807) is 0 Å². The molecule has 0 amide bonds. The Kier molecular flexibility index (Phi) is 9.27. The first-order valence-electron chi connectivity index (χ1n) is 22.6. The predicted octanol–water partition coefficient (Wildman–Crippen LogP) is 10.0. The van der Waals surface area contributed by atoms with Crippen molar-refractivity contribution in [2.75, 3.05) is 16.5 Å². The molecule has 10 aromatic rings. The fraction of sp³-hybridized carbons (Fsp3) is 0.0862. The number of ether oxygens (including phenoxy) is 1. The number of benzene rings is 8. The maximum Gasteiger partial charge on any atom is 0.245 e. The van der Waals surface area contributed by atoms with Crippen LogP contribution in [0.2, 0.25) is 0 Å². The normalized spacial score (nSPS) is 13.0. The number of pyridine rings is 1. The predicted molar refractivity (Wildman–Crippen MR) is 275 cm³/mol. The number of H-pyrrole nitrogens is 1. The van der Waals surface area contributed by atoms with E-state index in [9.17, 15) is 0 Å². The van der Waals surface area contributed by atoms with E-state index in [1.165, 1.54) is 60.7 Å². The highest BCUT2D eigenvalue weighted by atomic mass is 16.5. The molecule has 0 spiro atoms. The number of fused-ring (bicyclic) bond motifs is 6. The Morgan fingerprint density at radius 2 is 1.03 bits per heavy atom. The van der Waals surface area contributed by atoms with Crippen LogP contribution in [0.3, 0.4) is 0 Å². The summed E-state index contributed by atoms with van der Waals surface area (Å²) in [4.78, 5) is 13.5. The first-order chi connectivity index (χ1) is 31.9. The average Bonchev–Trinajstić information content (AvgIpc) is 3.92. The van der Waals surface area contributed by atoms with Gasteiger partial charge in [0.15, 0.2) is 5.75 Å². The summed E-state index contributed by atoms with van der Waals surface area (Å²) in [6.45, 7) is 9.60. The molecule has 310 valence electrons. The van der Waals surface area contributed by atoms with Gasteiger partial charge in [-0.1, -0.05) is 177 Å². The van der Waals surface area contributed by atoms with Gasteiger partial charge in [-0.3, -0.25) is 4.98 Å². The van der Waals surface area contributed by atoms with Crippen molar-refractivity contribution in [3.05, 3.63) is 210 Å². The molecular formula is C58H46B2N4O. The Bertz CT molecular complexity index is 3440. The largest absolute Gasteiger partial charge is 0.456 e. The van der Waals surface area contributed by atoms with Crippen LogP contribution in [0.4, 0.5) is 22.7 Å². The summed E-state index contributed by atoms with van der Waals surface area (Å²) < 4.78 is 7.67. The third-order valence-corrected chi connectivity index (χ3v) is 14.0. The van der Waals surface area contributed by atoms with Crippen LogP contribution in [-0.4, -0.2) is 30.1 Å². The second kappa shape index (κ2) is 15.5. The van der Waals surface area contributed by atoms with Crippen LogP contribution in [0.5, 0.6) is 11.5 Å². The third-order valence-electron chi connectivity index (χ3n) is 14.0. The number of nitrogens with one attached hydrogen (secondary N) is 1. The zero-order valence-corrected chi connectivity index (χ0v) is 37.0. The number of rotatable bonds is 7. The smallest absolute Gasteiger partial charge is 0.245 e. The van der Waals surface area contributed by atoms with Crippen molar-refractivity contribution in [2.45, 2.75) is 27.7 Å². The van der Waals surface area contributed by atoms with E-state index in [0.29, 0.717) is 6.67 Å².